The summed E-state index contributed by atoms with van der Waals surface area (Å²) in [4.78, 5) is 12.7. The van der Waals surface area contributed by atoms with Gasteiger partial charge >= 0.3 is 0 Å². The van der Waals surface area contributed by atoms with Gasteiger partial charge in [-0.3, -0.25) is 0 Å². The first-order valence-electron chi connectivity index (χ1n) is 7.48. The zero-order valence-corrected chi connectivity index (χ0v) is 13.8. The zero-order chi connectivity index (χ0) is 14.7. The molecule has 0 bridgehead atoms. The Morgan fingerprint density at radius 1 is 1.55 bits per heavy atom. The van der Waals surface area contributed by atoms with Crippen LogP contribution in [0.5, 0.6) is 0 Å². The Morgan fingerprint density at radius 2 is 2.30 bits per heavy atom. The highest BCUT2D eigenvalue weighted by molar-refractivity contribution is 7.11. The number of aromatic nitrogens is 1. The van der Waals surface area contributed by atoms with Crippen molar-refractivity contribution in [2.45, 2.75) is 53.0 Å². The maximum absolute atomic E-state index is 6.12. The van der Waals surface area contributed by atoms with Gasteiger partial charge in [-0.15, -0.1) is 11.3 Å². The fraction of sp³-hybridized carbons (Fsp3) is 0.733. The van der Waals surface area contributed by atoms with E-state index in [2.05, 4.69) is 42.6 Å². The number of nitrogens with zero attached hydrogens (tertiary/aromatic N) is 3. The summed E-state index contributed by atoms with van der Waals surface area (Å²) in [6, 6.07) is 0. The van der Waals surface area contributed by atoms with Crippen LogP contribution in [-0.4, -0.2) is 28.9 Å². The summed E-state index contributed by atoms with van der Waals surface area (Å²) in [6.45, 7) is 11.4. The van der Waals surface area contributed by atoms with Gasteiger partial charge in [0.15, 0.2) is 5.96 Å². The highest BCUT2D eigenvalue weighted by atomic mass is 32.1. The molecule has 1 fully saturated rings. The molecule has 1 aromatic rings. The molecule has 1 unspecified atom stereocenters. The third-order valence-corrected chi connectivity index (χ3v) is 4.75. The summed E-state index contributed by atoms with van der Waals surface area (Å²) < 4.78 is 0. The normalized spacial score (nSPS) is 20.8. The lowest BCUT2D eigenvalue weighted by atomic mass is 10.0. The number of guanidine groups is 1. The van der Waals surface area contributed by atoms with E-state index in [1.54, 1.807) is 11.3 Å². The summed E-state index contributed by atoms with van der Waals surface area (Å²) in [6.07, 6.45) is 2.51. The molecular weight excluding hydrogens is 268 g/mol. The molecule has 5 heteroatoms. The molecule has 0 spiro atoms. The average molecular weight is 294 g/mol. The van der Waals surface area contributed by atoms with E-state index in [9.17, 15) is 0 Å². The van der Waals surface area contributed by atoms with Gasteiger partial charge in [0.2, 0.25) is 0 Å². The molecule has 0 aliphatic carbocycles. The molecule has 1 aliphatic rings. The minimum Gasteiger partial charge on any atom is -0.370 e. The Balaban J connectivity index is 1.99. The van der Waals surface area contributed by atoms with Crippen LogP contribution in [0.25, 0.3) is 0 Å². The van der Waals surface area contributed by atoms with Crippen LogP contribution in [0, 0.1) is 12.8 Å². The van der Waals surface area contributed by atoms with Crippen molar-refractivity contribution in [1.82, 2.24) is 9.88 Å². The monoisotopic (exact) mass is 294 g/mol. The van der Waals surface area contributed by atoms with Crippen LogP contribution >= 0.6 is 11.3 Å². The molecule has 1 saturated heterocycles. The SMILES string of the molecule is Cc1sc(CN=C(N)N2CCCC(C)C2)nc1C(C)C. The van der Waals surface area contributed by atoms with Crippen LogP contribution in [0.1, 0.15) is 55.1 Å². The van der Waals surface area contributed by atoms with Crippen molar-refractivity contribution >= 4 is 17.3 Å². The van der Waals surface area contributed by atoms with Crippen molar-refractivity contribution in [3.8, 4) is 0 Å². The summed E-state index contributed by atoms with van der Waals surface area (Å²) in [7, 11) is 0. The van der Waals surface area contributed by atoms with Gasteiger partial charge in [-0.1, -0.05) is 20.8 Å². The van der Waals surface area contributed by atoms with E-state index < -0.39 is 0 Å². The van der Waals surface area contributed by atoms with Crippen molar-refractivity contribution in [3.63, 3.8) is 0 Å². The average Bonchev–Trinajstić information content (AvgIpc) is 2.77. The second kappa shape index (κ2) is 6.57. The van der Waals surface area contributed by atoms with Gasteiger partial charge in [-0.25, -0.2) is 9.98 Å². The summed E-state index contributed by atoms with van der Waals surface area (Å²) in [5.74, 6) is 1.87. The Morgan fingerprint density at radius 3 is 2.90 bits per heavy atom. The Bertz CT molecular complexity index is 478. The molecule has 0 saturated carbocycles. The largest absolute Gasteiger partial charge is 0.370 e. The number of aliphatic imine (C=N–C) groups is 1. The van der Waals surface area contributed by atoms with E-state index in [0.717, 1.165) is 18.1 Å². The van der Waals surface area contributed by atoms with Crippen LogP contribution < -0.4 is 5.73 Å². The van der Waals surface area contributed by atoms with Crippen molar-refractivity contribution in [2.75, 3.05) is 13.1 Å². The van der Waals surface area contributed by atoms with E-state index in [1.807, 2.05) is 0 Å². The second-order valence-electron chi connectivity index (χ2n) is 6.07. The van der Waals surface area contributed by atoms with E-state index in [1.165, 1.54) is 23.4 Å². The molecule has 4 nitrogen and oxygen atoms in total. The molecule has 2 rings (SSSR count). The summed E-state index contributed by atoms with van der Waals surface area (Å²) in [5, 5.41) is 1.07. The molecule has 1 aromatic heterocycles. The van der Waals surface area contributed by atoms with Crippen molar-refractivity contribution in [3.05, 3.63) is 15.6 Å². The van der Waals surface area contributed by atoms with Gasteiger partial charge in [-0.2, -0.15) is 0 Å². The fourth-order valence-electron chi connectivity index (χ4n) is 2.71. The minimum absolute atomic E-state index is 0.476. The molecule has 0 aromatic carbocycles. The number of thiazole rings is 1. The van der Waals surface area contributed by atoms with E-state index in [-0.39, 0.29) is 0 Å². The van der Waals surface area contributed by atoms with Gasteiger partial charge in [0.1, 0.15) is 5.01 Å². The molecule has 1 aliphatic heterocycles. The predicted molar refractivity (Wildman–Crippen MR) is 86.2 cm³/mol. The Labute approximate surface area is 126 Å². The van der Waals surface area contributed by atoms with Crippen LogP contribution in [0.2, 0.25) is 0 Å². The van der Waals surface area contributed by atoms with Gasteiger partial charge in [0.05, 0.1) is 12.2 Å². The van der Waals surface area contributed by atoms with Crippen molar-refractivity contribution in [1.29, 1.82) is 0 Å². The topological polar surface area (TPSA) is 54.5 Å². The number of nitrogens with two attached hydrogens (primary N) is 1. The first-order chi connectivity index (χ1) is 9.47. The van der Waals surface area contributed by atoms with E-state index in [0.29, 0.717) is 24.3 Å². The van der Waals surface area contributed by atoms with Crippen molar-refractivity contribution in [2.24, 2.45) is 16.6 Å². The highest BCUT2D eigenvalue weighted by Crippen LogP contribution is 2.24. The maximum atomic E-state index is 6.12. The maximum Gasteiger partial charge on any atom is 0.191 e. The van der Waals surface area contributed by atoms with Gasteiger partial charge in [-0.05, 0) is 31.6 Å². The van der Waals surface area contributed by atoms with E-state index >= 15 is 0 Å². The Hall–Kier alpha value is -1.10. The molecular formula is C15H26N4S. The number of hydrogen-bond donors (Lipinski definition) is 1. The number of likely N-dealkylation sites (tertiary alicyclic amines) is 1. The molecule has 1 atom stereocenters. The summed E-state index contributed by atoms with van der Waals surface area (Å²) >= 11 is 1.74. The third-order valence-electron chi connectivity index (χ3n) is 3.78. The Kier molecular flexibility index (Phi) is 5.02. The molecule has 112 valence electrons. The van der Waals surface area contributed by atoms with E-state index in [4.69, 9.17) is 5.73 Å². The quantitative estimate of drug-likeness (QED) is 0.688. The smallest absolute Gasteiger partial charge is 0.191 e. The summed E-state index contributed by atoms with van der Waals surface area (Å²) in [5.41, 5.74) is 7.32. The van der Waals surface area contributed by atoms with Gasteiger partial charge in [0, 0.05) is 18.0 Å². The third kappa shape index (κ3) is 3.72. The highest BCUT2D eigenvalue weighted by Gasteiger charge is 2.17. The van der Waals surface area contributed by atoms with Gasteiger partial charge in [0.25, 0.3) is 0 Å². The lowest BCUT2D eigenvalue weighted by Crippen LogP contribution is -2.43. The van der Waals surface area contributed by atoms with Crippen molar-refractivity contribution < 1.29 is 0 Å². The van der Waals surface area contributed by atoms with Crippen LogP contribution in [-0.2, 0) is 6.54 Å². The molecule has 20 heavy (non-hydrogen) atoms. The molecule has 0 amide bonds. The fourth-order valence-corrected chi connectivity index (χ4v) is 3.73. The predicted octanol–water partition coefficient (Wildman–Crippen LogP) is 3.12. The standard InChI is InChI=1S/C15H26N4S/c1-10(2)14-12(4)20-13(18-14)8-17-15(16)19-7-5-6-11(3)9-19/h10-11H,5-9H2,1-4H3,(H2,16,17). The number of piperidine rings is 1. The zero-order valence-electron chi connectivity index (χ0n) is 13.0. The first-order valence-corrected chi connectivity index (χ1v) is 8.30. The number of rotatable bonds is 3. The molecule has 2 heterocycles. The van der Waals surface area contributed by atoms with Crippen LogP contribution in [0.4, 0.5) is 0 Å². The van der Waals surface area contributed by atoms with Crippen LogP contribution in [0.15, 0.2) is 4.99 Å². The number of aryl methyl sites for hydroxylation is 1. The molecule has 2 N–H and O–H groups in total. The first kappa shape index (κ1) is 15.3. The minimum atomic E-state index is 0.476. The van der Waals surface area contributed by atoms with Crippen LogP contribution in [0.3, 0.4) is 0 Å². The lowest BCUT2D eigenvalue weighted by molar-refractivity contribution is 0.270. The number of hydrogen-bond acceptors (Lipinski definition) is 3. The molecule has 0 radical (unpaired) electrons. The van der Waals surface area contributed by atoms with Gasteiger partial charge < -0.3 is 10.6 Å². The second-order valence-corrected chi connectivity index (χ2v) is 7.36. The lowest BCUT2D eigenvalue weighted by Gasteiger charge is -2.31.